The number of nitriles is 2. The third-order valence-corrected chi connectivity index (χ3v) is 5.14. The summed E-state index contributed by atoms with van der Waals surface area (Å²) in [5.74, 6) is 0. The van der Waals surface area contributed by atoms with Gasteiger partial charge in [-0.15, -0.1) is 0 Å². The van der Waals surface area contributed by atoms with E-state index in [4.69, 9.17) is 16.3 Å². The summed E-state index contributed by atoms with van der Waals surface area (Å²) in [5, 5.41) is 17.3. The summed E-state index contributed by atoms with van der Waals surface area (Å²) in [6.45, 7) is 3.76. The monoisotopic (exact) mass is 306 g/mol. The SMILES string of the molecule is Cc1cc(N)c(S(=O)(=O)N(CCC#N)CCC#N)cc1C. The van der Waals surface area contributed by atoms with Crippen LogP contribution in [0.25, 0.3) is 0 Å². The number of nitrogens with zero attached hydrogens (tertiary/aromatic N) is 3. The maximum absolute atomic E-state index is 12.7. The fraction of sp³-hybridized carbons (Fsp3) is 0.429. The first kappa shape index (κ1) is 17.0. The standard InChI is InChI=1S/C14H18N4O2S/c1-11-9-13(17)14(10-12(11)2)21(19,20)18(7-3-5-15)8-4-6-16/h9-10H,3-4,7-8,17H2,1-2H3. The Labute approximate surface area is 125 Å². The van der Waals surface area contributed by atoms with Gasteiger partial charge in [-0.05, 0) is 37.1 Å². The van der Waals surface area contributed by atoms with Crippen molar-refractivity contribution in [2.24, 2.45) is 0 Å². The minimum absolute atomic E-state index is 0.0291. The number of hydrogen-bond acceptors (Lipinski definition) is 5. The fourth-order valence-corrected chi connectivity index (χ4v) is 3.50. The number of benzene rings is 1. The van der Waals surface area contributed by atoms with Gasteiger partial charge in [-0.3, -0.25) is 0 Å². The van der Waals surface area contributed by atoms with Crippen LogP contribution in [0.1, 0.15) is 24.0 Å². The molecule has 1 aromatic carbocycles. The second kappa shape index (κ2) is 7.07. The highest BCUT2D eigenvalue weighted by Crippen LogP contribution is 2.26. The van der Waals surface area contributed by atoms with Gasteiger partial charge in [-0.25, -0.2) is 8.42 Å². The van der Waals surface area contributed by atoms with E-state index < -0.39 is 10.0 Å². The van der Waals surface area contributed by atoms with Gasteiger partial charge in [-0.1, -0.05) is 0 Å². The van der Waals surface area contributed by atoms with E-state index in [9.17, 15) is 8.42 Å². The molecule has 0 heterocycles. The highest BCUT2D eigenvalue weighted by Gasteiger charge is 2.26. The van der Waals surface area contributed by atoms with Crippen LogP contribution in [0.3, 0.4) is 0 Å². The van der Waals surface area contributed by atoms with Crippen LogP contribution in [-0.2, 0) is 10.0 Å². The first-order valence-electron chi connectivity index (χ1n) is 6.45. The van der Waals surface area contributed by atoms with Gasteiger partial charge in [0.05, 0.1) is 17.8 Å². The topological polar surface area (TPSA) is 111 Å². The third-order valence-electron chi connectivity index (χ3n) is 3.19. The van der Waals surface area contributed by atoms with Crippen LogP contribution in [0.15, 0.2) is 17.0 Å². The minimum Gasteiger partial charge on any atom is -0.398 e. The number of anilines is 1. The zero-order valence-electron chi connectivity index (χ0n) is 12.1. The first-order valence-corrected chi connectivity index (χ1v) is 7.89. The number of sulfonamides is 1. The van der Waals surface area contributed by atoms with Crippen molar-refractivity contribution in [3.05, 3.63) is 23.3 Å². The summed E-state index contributed by atoms with van der Waals surface area (Å²) in [4.78, 5) is 0.0291. The molecular formula is C14H18N4O2S. The zero-order valence-corrected chi connectivity index (χ0v) is 12.9. The normalized spacial score (nSPS) is 11.1. The van der Waals surface area contributed by atoms with Crippen LogP contribution in [0.4, 0.5) is 5.69 Å². The predicted molar refractivity (Wildman–Crippen MR) is 79.5 cm³/mol. The molecule has 0 spiro atoms. The van der Waals surface area contributed by atoms with Gasteiger partial charge in [0.15, 0.2) is 0 Å². The van der Waals surface area contributed by atoms with Crippen LogP contribution < -0.4 is 5.73 Å². The average molecular weight is 306 g/mol. The van der Waals surface area contributed by atoms with Gasteiger partial charge in [0, 0.05) is 25.9 Å². The van der Waals surface area contributed by atoms with Crippen molar-refractivity contribution in [1.82, 2.24) is 4.31 Å². The summed E-state index contributed by atoms with van der Waals surface area (Å²) < 4.78 is 26.4. The second-order valence-electron chi connectivity index (χ2n) is 4.69. The van der Waals surface area contributed by atoms with Crippen molar-refractivity contribution < 1.29 is 8.42 Å². The molecule has 0 unspecified atom stereocenters. The molecule has 21 heavy (non-hydrogen) atoms. The lowest BCUT2D eigenvalue weighted by Crippen LogP contribution is -2.33. The van der Waals surface area contributed by atoms with Gasteiger partial charge in [0.1, 0.15) is 4.90 Å². The van der Waals surface area contributed by atoms with E-state index in [1.54, 1.807) is 6.07 Å². The molecular weight excluding hydrogens is 288 g/mol. The molecule has 0 atom stereocenters. The van der Waals surface area contributed by atoms with Gasteiger partial charge in [0.25, 0.3) is 0 Å². The molecule has 1 aromatic rings. The molecule has 0 aromatic heterocycles. The van der Waals surface area contributed by atoms with Gasteiger partial charge in [-0.2, -0.15) is 14.8 Å². The maximum Gasteiger partial charge on any atom is 0.245 e. The molecule has 0 saturated heterocycles. The molecule has 2 N–H and O–H groups in total. The van der Waals surface area contributed by atoms with E-state index in [0.717, 1.165) is 15.4 Å². The Kier molecular flexibility index (Phi) is 5.71. The van der Waals surface area contributed by atoms with Crippen LogP contribution >= 0.6 is 0 Å². The van der Waals surface area contributed by atoms with E-state index in [2.05, 4.69) is 0 Å². The zero-order chi connectivity index (χ0) is 16.0. The Balaban J connectivity index is 3.25. The lowest BCUT2D eigenvalue weighted by molar-refractivity contribution is 0.425. The van der Waals surface area contributed by atoms with Gasteiger partial charge in [0.2, 0.25) is 10.0 Å². The third kappa shape index (κ3) is 3.94. The summed E-state index contributed by atoms with van der Waals surface area (Å²) in [6, 6.07) is 6.98. The van der Waals surface area contributed by atoms with Gasteiger partial charge < -0.3 is 5.73 Å². The van der Waals surface area contributed by atoms with Crippen molar-refractivity contribution in [3.63, 3.8) is 0 Å². The molecule has 0 aliphatic heterocycles. The molecule has 0 saturated carbocycles. The number of hydrogen-bond donors (Lipinski definition) is 1. The Morgan fingerprint density at radius 1 is 1.10 bits per heavy atom. The van der Waals surface area contributed by atoms with Crippen molar-refractivity contribution in [1.29, 1.82) is 10.5 Å². The molecule has 0 bridgehead atoms. The number of aryl methyl sites for hydroxylation is 2. The molecule has 6 nitrogen and oxygen atoms in total. The molecule has 0 fully saturated rings. The van der Waals surface area contributed by atoms with E-state index in [1.807, 2.05) is 26.0 Å². The van der Waals surface area contributed by atoms with Crippen molar-refractivity contribution in [3.8, 4) is 12.1 Å². The van der Waals surface area contributed by atoms with E-state index >= 15 is 0 Å². The summed E-state index contributed by atoms with van der Waals surface area (Å²) in [5.41, 5.74) is 7.75. The molecule has 7 heteroatoms. The average Bonchev–Trinajstić information content (AvgIpc) is 2.42. The summed E-state index contributed by atoms with van der Waals surface area (Å²) >= 11 is 0. The Hall–Kier alpha value is -2.09. The molecule has 0 aliphatic rings. The largest absolute Gasteiger partial charge is 0.398 e. The Bertz CT molecular complexity index is 681. The molecule has 0 radical (unpaired) electrons. The van der Waals surface area contributed by atoms with Crippen LogP contribution in [-0.4, -0.2) is 25.8 Å². The lowest BCUT2D eigenvalue weighted by Gasteiger charge is -2.21. The first-order chi connectivity index (χ1) is 9.84. The molecule has 1 rings (SSSR count). The van der Waals surface area contributed by atoms with Gasteiger partial charge >= 0.3 is 0 Å². The second-order valence-corrected chi connectivity index (χ2v) is 6.60. The molecule has 112 valence electrons. The summed E-state index contributed by atoms with van der Waals surface area (Å²) in [6.07, 6.45) is 0.130. The highest BCUT2D eigenvalue weighted by atomic mass is 32.2. The predicted octanol–water partition coefficient (Wildman–Crippen LogP) is 1.70. The van der Waals surface area contributed by atoms with Crippen LogP contribution in [0.5, 0.6) is 0 Å². The van der Waals surface area contributed by atoms with E-state index in [-0.39, 0.29) is 36.5 Å². The quantitative estimate of drug-likeness (QED) is 0.804. The van der Waals surface area contributed by atoms with Crippen LogP contribution in [0.2, 0.25) is 0 Å². The Morgan fingerprint density at radius 3 is 2.05 bits per heavy atom. The number of rotatable bonds is 6. The number of nitrogens with two attached hydrogens (primary N) is 1. The van der Waals surface area contributed by atoms with Crippen molar-refractivity contribution in [2.75, 3.05) is 18.8 Å². The maximum atomic E-state index is 12.7. The van der Waals surface area contributed by atoms with Crippen molar-refractivity contribution >= 4 is 15.7 Å². The number of nitrogen functional groups attached to an aromatic ring is 1. The smallest absolute Gasteiger partial charge is 0.245 e. The fourth-order valence-electron chi connectivity index (χ4n) is 1.88. The van der Waals surface area contributed by atoms with E-state index in [1.165, 1.54) is 6.07 Å². The van der Waals surface area contributed by atoms with Crippen molar-refractivity contribution in [2.45, 2.75) is 31.6 Å². The minimum atomic E-state index is -3.81. The summed E-state index contributed by atoms with van der Waals surface area (Å²) in [7, 11) is -3.81. The lowest BCUT2D eigenvalue weighted by atomic mass is 10.1. The Morgan fingerprint density at radius 2 is 1.57 bits per heavy atom. The van der Waals surface area contributed by atoms with Crippen LogP contribution in [0, 0.1) is 36.5 Å². The molecule has 0 aliphatic carbocycles. The van der Waals surface area contributed by atoms with E-state index in [0.29, 0.717) is 0 Å². The highest BCUT2D eigenvalue weighted by molar-refractivity contribution is 7.89. The molecule has 0 amide bonds.